The summed E-state index contributed by atoms with van der Waals surface area (Å²) in [6.07, 6.45) is -4.05. The Morgan fingerprint density at radius 2 is 1.80 bits per heavy atom. The average molecular weight is 441 g/mol. The van der Waals surface area contributed by atoms with Crippen LogP contribution in [0.1, 0.15) is 5.69 Å². The summed E-state index contributed by atoms with van der Waals surface area (Å²) in [7, 11) is 0. The van der Waals surface area contributed by atoms with Gasteiger partial charge in [-0.1, -0.05) is 28.9 Å². The zero-order valence-corrected chi connectivity index (χ0v) is 15.5. The molecular formula is C19H10ClF5N4O. The fourth-order valence-corrected chi connectivity index (χ4v) is 3.24. The van der Waals surface area contributed by atoms with Crippen molar-refractivity contribution in [2.24, 2.45) is 0 Å². The lowest BCUT2D eigenvalue weighted by atomic mass is 10.1. The summed E-state index contributed by atoms with van der Waals surface area (Å²) in [4.78, 5) is 0. The van der Waals surface area contributed by atoms with E-state index in [4.69, 9.17) is 21.9 Å². The molecule has 0 spiro atoms. The van der Waals surface area contributed by atoms with Crippen LogP contribution in [0.3, 0.4) is 0 Å². The van der Waals surface area contributed by atoms with Crippen molar-refractivity contribution >= 4 is 17.3 Å². The standard InChI is InChI=1S/C19H10ClF5N4O/c20-12-5-2-6-13(22)14(12)16-15(26)17(30-28-16)11-8-27-29(18(11)19(23,24)25)10-4-1-3-9(21)7-10/h1-8H,26H2. The Kier molecular flexibility index (Phi) is 4.73. The highest BCUT2D eigenvalue weighted by Gasteiger charge is 2.41. The molecule has 30 heavy (non-hydrogen) atoms. The van der Waals surface area contributed by atoms with E-state index >= 15 is 0 Å². The third-order valence-electron chi connectivity index (χ3n) is 4.26. The number of rotatable bonds is 3. The van der Waals surface area contributed by atoms with Crippen LogP contribution < -0.4 is 5.73 Å². The summed E-state index contributed by atoms with van der Waals surface area (Å²) in [6, 6.07) is 8.29. The van der Waals surface area contributed by atoms with Crippen molar-refractivity contribution in [3.63, 3.8) is 0 Å². The van der Waals surface area contributed by atoms with Crippen LogP contribution in [0.15, 0.2) is 53.2 Å². The molecule has 2 N–H and O–H groups in total. The number of hydrogen-bond acceptors (Lipinski definition) is 4. The molecule has 0 amide bonds. The molecule has 0 atom stereocenters. The second-order valence-electron chi connectivity index (χ2n) is 6.17. The monoisotopic (exact) mass is 440 g/mol. The van der Waals surface area contributed by atoms with E-state index in [0.717, 1.165) is 24.4 Å². The molecular weight excluding hydrogens is 431 g/mol. The largest absolute Gasteiger partial charge is 0.434 e. The van der Waals surface area contributed by atoms with Crippen molar-refractivity contribution < 1.29 is 26.5 Å². The number of anilines is 1. The van der Waals surface area contributed by atoms with E-state index in [0.29, 0.717) is 4.68 Å². The number of nitrogen functional groups attached to an aromatic ring is 1. The number of hydrogen-bond donors (Lipinski definition) is 1. The molecule has 2 aromatic heterocycles. The van der Waals surface area contributed by atoms with Gasteiger partial charge in [-0.05, 0) is 30.3 Å². The van der Waals surface area contributed by atoms with Gasteiger partial charge in [0.05, 0.1) is 28.0 Å². The van der Waals surface area contributed by atoms with Gasteiger partial charge in [-0.2, -0.15) is 18.3 Å². The third kappa shape index (κ3) is 3.28. The zero-order chi connectivity index (χ0) is 21.6. The molecule has 154 valence electrons. The van der Waals surface area contributed by atoms with E-state index in [2.05, 4.69) is 10.3 Å². The van der Waals surface area contributed by atoms with Crippen LogP contribution >= 0.6 is 11.6 Å². The lowest BCUT2D eigenvalue weighted by molar-refractivity contribution is -0.142. The Hall–Kier alpha value is -3.40. The van der Waals surface area contributed by atoms with E-state index < -0.39 is 34.8 Å². The van der Waals surface area contributed by atoms with Gasteiger partial charge < -0.3 is 10.3 Å². The van der Waals surface area contributed by atoms with E-state index in [1.165, 1.54) is 24.3 Å². The smallest absolute Gasteiger partial charge is 0.394 e. The van der Waals surface area contributed by atoms with Crippen LogP contribution in [0.25, 0.3) is 28.3 Å². The van der Waals surface area contributed by atoms with Gasteiger partial charge in [-0.15, -0.1) is 0 Å². The maximum atomic E-state index is 14.2. The van der Waals surface area contributed by atoms with Gasteiger partial charge in [0.25, 0.3) is 0 Å². The topological polar surface area (TPSA) is 69.9 Å². The molecule has 0 aliphatic heterocycles. The number of halogens is 6. The highest BCUT2D eigenvalue weighted by Crippen LogP contribution is 2.43. The maximum Gasteiger partial charge on any atom is 0.434 e. The van der Waals surface area contributed by atoms with Crippen LogP contribution in [0.4, 0.5) is 27.6 Å². The lowest BCUT2D eigenvalue weighted by Crippen LogP contribution is -2.14. The number of aromatic nitrogens is 3. The minimum atomic E-state index is -4.91. The van der Waals surface area contributed by atoms with Crippen molar-refractivity contribution in [2.75, 3.05) is 5.73 Å². The highest BCUT2D eigenvalue weighted by atomic mass is 35.5. The maximum absolute atomic E-state index is 14.2. The first-order valence-electron chi connectivity index (χ1n) is 8.29. The summed E-state index contributed by atoms with van der Waals surface area (Å²) in [6.45, 7) is 0. The predicted molar refractivity (Wildman–Crippen MR) is 98.8 cm³/mol. The summed E-state index contributed by atoms with van der Waals surface area (Å²) >= 11 is 5.98. The molecule has 0 unspecified atom stereocenters. The molecule has 4 rings (SSSR count). The summed E-state index contributed by atoms with van der Waals surface area (Å²) < 4.78 is 74.9. The lowest BCUT2D eigenvalue weighted by Gasteiger charge is -2.12. The minimum Gasteiger partial charge on any atom is -0.394 e. The van der Waals surface area contributed by atoms with E-state index in [-0.39, 0.29) is 27.7 Å². The Morgan fingerprint density at radius 1 is 1.07 bits per heavy atom. The third-order valence-corrected chi connectivity index (χ3v) is 4.58. The Bertz CT molecular complexity index is 1230. The number of alkyl halides is 3. The second-order valence-corrected chi connectivity index (χ2v) is 6.57. The zero-order valence-electron chi connectivity index (χ0n) is 14.7. The number of nitrogens with two attached hydrogens (primary N) is 1. The highest BCUT2D eigenvalue weighted by molar-refractivity contribution is 6.33. The van der Waals surface area contributed by atoms with E-state index in [9.17, 15) is 22.0 Å². The molecule has 11 heteroatoms. The first kappa shape index (κ1) is 19.9. The Labute approximate surface area is 170 Å². The molecule has 2 aromatic carbocycles. The van der Waals surface area contributed by atoms with Crippen molar-refractivity contribution in [3.8, 4) is 28.3 Å². The van der Waals surface area contributed by atoms with Crippen LogP contribution in [-0.4, -0.2) is 14.9 Å². The Balaban J connectivity index is 1.92. The summed E-state index contributed by atoms with van der Waals surface area (Å²) in [5, 5.41) is 7.28. The first-order chi connectivity index (χ1) is 14.2. The SMILES string of the molecule is Nc1c(-c2c(F)cccc2Cl)noc1-c1cnn(-c2cccc(F)c2)c1C(F)(F)F. The van der Waals surface area contributed by atoms with Crippen molar-refractivity contribution in [1.29, 1.82) is 0 Å². The van der Waals surface area contributed by atoms with Crippen LogP contribution in [0, 0.1) is 11.6 Å². The van der Waals surface area contributed by atoms with Gasteiger partial charge in [0, 0.05) is 0 Å². The molecule has 5 nitrogen and oxygen atoms in total. The minimum absolute atomic E-state index is 0.0481. The van der Waals surface area contributed by atoms with Crippen LogP contribution in [0.5, 0.6) is 0 Å². The molecule has 0 aliphatic rings. The normalized spacial score (nSPS) is 11.8. The molecule has 2 heterocycles. The fraction of sp³-hybridized carbons (Fsp3) is 0.0526. The molecule has 0 aliphatic carbocycles. The van der Waals surface area contributed by atoms with Gasteiger partial charge >= 0.3 is 6.18 Å². The van der Waals surface area contributed by atoms with Gasteiger partial charge in [0.2, 0.25) is 0 Å². The molecule has 4 aromatic rings. The summed E-state index contributed by atoms with van der Waals surface area (Å²) in [5.74, 6) is -1.99. The van der Waals surface area contributed by atoms with Gasteiger partial charge in [0.15, 0.2) is 11.5 Å². The van der Waals surface area contributed by atoms with Crippen LogP contribution in [0.2, 0.25) is 5.02 Å². The quantitative estimate of drug-likeness (QED) is 0.413. The van der Waals surface area contributed by atoms with Crippen molar-refractivity contribution in [1.82, 2.24) is 14.9 Å². The van der Waals surface area contributed by atoms with E-state index in [1.807, 2.05) is 0 Å². The van der Waals surface area contributed by atoms with Crippen LogP contribution in [-0.2, 0) is 6.18 Å². The van der Waals surface area contributed by atoms with Crippen molar-refractivity contribution in [3.05, 3.63) is 71.0 Å². The van der Waals surface area contributed by atoms with Crippen molar-refractivity contribution in [2.45, 2.75) is 6.18 Å². The fourth-order valence-electron chi connectivity index (χ4n) is 2.99. The molecule has 0 radical (unpaired) electrons. The number of benzene rings is 2. The molecule has 0 bridgehead atoms. The Morgan fingerprint density at radius 3 is 2.47 bits per heavy atom. The van der Waals surface area contributed by atoms with Gasteiger partial charge in [0.1, 0.15) is 23.0 Å². The first-order valence-corrected chi connectivity index (χ1v) is 8.67. The van der Waals surface area contributed by atoms with Gasteiger partial charge in [-0.25, -0.2) is 13.5 Å². The summed E-state index contributed by atoms with van der Waals surface area (Å²) in [5.41, 5.74) is 3.16. The van der Waals surface area contributed by atoms with E-state index in [1.54, 1.807) is 0 Å². The van der Waals surface area contributed by atoms with Gasteiger partial charge in [-0.3, -0.25) is 0 Å². The molecule has 0 saturated carbocycles. The molecule has 0 fully saturated rings. The number of nitrogens with zero attached hydrogens (tertiary/aromatic N) is 3. The average Bonchev–Trinajstić information content (AvgIpc) is 3.26. The second kappa shape index (κ2) is 7.13. The molecule has 0 saturated heterocycles. The predicted octanol–water partition coefficient (Wildman–Crippen LogP) is 5.73.